The second-order valence-corrected chi connectivity index (χ2v) is 5.99. The average Bonchev–Trinajstić information content (AvgIpc) is 2.44. The Morgan fingerprint density at radius 3 is 2.65 bits per heavy atom. The van der Waals surface area contributed by atoms with Crippen molar-refractivity contribution in [1.82, 2.24) is 9.97 Å². The number of nitrogen functional groups attached to an aromatic ring is 1. The number of aromatic nitrogens is 2. The van der Waals surface area contributed by atoms with Crippen LogP contribution in [-0.4, -0.2) is 9.97 Å². The molecule has 0 unspecified atom stereocenters. The van der Waals surface area contributed by atoms with Gasteiger partial charge in [0.2, 0.25) is 0 Å². The molecule has 2 heterocycles. The van der Waals surface area contributed by atoms with Crippen molar-refractivity contribution in [2.24, 2.45) is 5.84 Å². The molecule has 0 aliphatic heterocycles. The molecule has 0 aliphatic carbocycles. The van der Waals surface area contributed by atoms with Gasteiger partial charge in [-0.05, 0) is 29.7 Å². The van der Waals surface area contributed by atoms with Crippen molar-refractivity contribution >= 4 is 27.6 Å². The van der Waals surface area contributed by atoms with Crippen LogP contribution in [0, 0.1) is 0 Å². The molecule has 0 bridgehead atoms. The standard InChI is InChI=1S/C16H18N4/c1-16(2,3)12-9-10-6-7-13-11(5-4-8-18-13)14(10)19-15(12)20-17/h4-9H,17H2,1-3H3,(H,19,20). The van der Waals surface area contributed by atoms with E-state index >= 15 is 0 Å². The number of pyridine rings is 2. The van der Waals surface area contributed by atoms with Crippen LogP contribution in [0.4, 0.5) is 5.82 Å². The fourth-order valence-corrected chi connectivity index (χ4v) is 2.47. The SMILES string of the molecule is CC(C)(C)c1cc2ccc3ncccc3c2nc1NN. The van der Waals surface area contributed by atoms with Crippen molar-refractivity contribution in [1.29, 1.82) is 0 Å². The van der Waals surface area contributed by atoms with Gasteiger partial charge >= 0.3 is 0 Å². The Morgan fingerprint density at radius 2 is 1.95 bits per heavy atom. The molecule has 20 heavy (non-hydrogen) atoms. The number of anilines is 1. The maximum absolute atomic E-state index is 5.65. The van der Waals surface area contributed by atoms with Crippen molar-refractivity contribution in [2.45, 2.75) is 26.2 Å². The quantitative estimate of drug-likeness (QED) is 0.403. The first-order chi connectivity index (χ1) is 9.50. The normalized spacial score (nSPS) is 12.0. The van der Waals surface area contributed by atoms with Crippen molar-refractivity contribution in [3.63, 3.8) is 0 Å². The number of hydrogen-bond acceptors (Lipinski definition) is 4. The van der Waals surface area contributed by atoms with Crippen molar-refractivity contribution < 1.29 is 0 Å². The summed E-state index contributed by atoms with van der Waals surface area (Å²) in [6.45, 7) is 6.46. The maximum atomic E-state index is 5.65. The fourth-order valence-electron chi connectivity index (χ4n) is 2.47. The Labute approximate surface area is 118 Å². The minimum absolute atomic E-state index is 0.0210. The highest BCUT2D eigenvalue weighted by Crippen LogP contribution is 2.32. The molecule has 3 N–H and O–H groups in total. The summed E-state index contributed by atoms with van der Waals surface area (Å²) in [6.07, 6.45) is 1.79. The minimum atomic E-state index is -0.0210. The smallest absolute Gasteiger partial charge is 0.144 e. The number of rotatable bonds is 1. The molecule has 0 amide bonds. The number of fused-ring (bicyclic) bond motifs is 3. The molecule has 0 saturated heterocycles. The van der Waals surface area contributed by atoms with Crippen LogP contribution in [0.3, 0.4) is 0 Å². The lowest BCUT2D eigenvalue weighted by Crippen LogP contribution is -2.19. The minimum Gasteiger partial charge on any atom is -0.308 e. The Morgan fingerprint density at radius 1 is 1.15 bits per heavy atom. The molecular formula is C16H18N4. The lowest BCUT2D eigenvalue weighted by molar-refractivity contribution is 0.590. The number of nitrogens with zero attached hydrogens (tertiary/aromatic N) is 2. The zero-order chi connectivity index (χ0) is 14.3. The first-order valence-electron chi connectivity index (χ1n) is 6.66. The van der Waals surface area contributed by atoms with E-state index in [9.17, 15) is 0 Å². The van der Waals surface area contributed by atoms with Gasteiger partial charge in [-0.25, -0.2) is 10.8 Å². The molecule has 0 aliphatic rings. The summed E-state index contributed by atoms with van der Waals surface area (Å²) in [5.74, 6) is 6.38. The van der Waals surface area contributed by atoms with Gasteiger partial charge in [-0.2, -0.15) is 0 Å². The molecule has 0 saturated carbocycles. The number of hydrogen-bond donors (Lipinski definition) is 2. The van der Waals surface area contributed by atoms with E-state index < -0.39 is 0 Å². The second-order valence-electron chi connectivity index (χ2n) is 5.99. The van der Waals surface area contributed by atoms with Gasteiger partial charge in [-0.3, -0.25) is 4.98 Å². The maximum Gasteiger partial charge on any atom is 0.144 e. The number of benzene rings is 1. The van der Waals surface area contributed by atoms with E-state index in [1.54, 1.807) is 6.20 Å². The van der Waals surface area contributed by atoms with E-state index in [1.165, 1.54) is 0 Å². The van der Waals surface area contributed by atoms with E-state index in [1.807, 2.05) is 18.2 Å². The molecule has 1 aromatic carbocycles. The largest absolute Gasteiger partial charge is 0.308 e. The van der Waals surface area contributed by atoms with E-state index in [4.69, 9.17) is 10.8 Å². The predicted octanol–water partition coefficient (Wildman–Crippen LogP) is 3.37. The molecule has 0 radical (unpaired) electrons. The number of nitrogens with one attached hydrogen (secondary N) is 1. The molecular weight excluding hydrogens is 248 g/mol. The Hall–Kier alpha value is -2.20. The van der Waals surface area contributed by atoms with Gasteiger partial charge in [0.25, 0.3) is 0 Å². The van der Waals surface area contributed by atoms with Crippen LogP contribution in [0.1, 0.15) is 26.3 Å². The molecule has 2 aromatic heterocycles. The van der Waals surface area contributed by atoms with Gasteiger partial charge in [0.15, 0.2) is 0 Å². The lowest BCUT2D eigenvalue weighted by Gasteiger charge is -2.22. The molecule has 0 atom stereocenters. The van der Waals surface area contributed by atoms with Crippen LogP contribution in [0.5, 0.6) is 0 Å². The van der Waals surface area contributed by atoms with E-state index in [0.717, 1.165) is 33.2 Å². The van der Waals surface area contributed by atoms with E-state index in [-0.39, 0.29) is 5.41 Å². The van der Waals surface area contributed by atoms with Gasteiger partial charge in [0.05, 0.1) is 11.0 Å². The van der Waals surface area contributed by atoms with Gasteiger partial charge in [-0.15, -0.1) is 0 Å². The molecule has 4 heteroatoms. The van der Waals surface area contributed by atoms with Crippen LogP contribution in [0.15, 0.2) is 36.5 Å². The van der Waals surface area contributed by atoms with Crippen molar-refractivity contribution in [2.75, 3.05) is 5.43 Å². The summed E-state index contributed by atoms with van der Waals surface area (Å²) in [5, 5.41) is 2.15. The Kier molecular flexibility index (Phi) is 2.83. The highest BCUT2D eigenvalue weighted by atomic mass is 15.3. The highest BCUT2D eigenvalue weighted by Gasteiger charge is 2.20. The Balaban J connectivity index is 2.41. The molecule has 0 fully saturated rings. The first-order valence-corrected chi connectivity index (χ1v) is 6.66. The summed E-state index contributed by atoms with van der Waals surface area (Å²) >= 11 is 0. The van der Waals surface area contributed by atoms with Gasteiger partial charge < -0.3 is 5.43 Å². The summed E-state index contributed by atoms with van der Waals surface area (Å²) in [6, 6.07) is 10.2. The number of nitrogens with two attached hydrogens (primary N) is 1. The van der Waals surface area contributed by atoms with E-state index in [2.05, 4.69) is 43.3 Å². The lowest BCUT2D eigenvalue weighted by atomic mass is 9.86. The summed E-state index contributed by atoms with van der Waals surface area (Å²) in [7, 11) is 0. The predicted molar refractivity (Wildman–Crippen MR) is 83.6 cm³/mol. The van der Waals surface area contributed by atoms with Crippen LogP contribution in [0.2, 0.25) is 0 Å². The fraction of sp³-hybridized carbons (Fsp3) is 0.250. The van der Waals surface area contributed by atoms with Crippen molar-refractivity contribution in [3.8, 4) is 0 Å². The Bertz CT molecular complexity index is 787. The van der Waals surface area contributed by atoms with Gasteiger partial charge in [0.1, 0.15) is 5.82 Å². The van der Waals surface area contributed by atoms with Crippen LogP contribution >= 0.6 is 0 Å². The molecule has 3 aromatic rings. The summed E-state index contributed by atoms with van der Waals surface area (Å²) in [5.41, 5.74) is 5.68. The second kappa shape index (κ2) is 4.42. The van der Waals surface area contributed by atoms with Gasteiger partial charge in [0, 0.05) is 22.5 Å². The van der Waals surface area contributed by atoms with Crippen LogP contribution in [0.25, 0.3) is 21.8 Å². The number of hydrazine groups is 1. The molecule has 3 rings (SSSR count). The third-order valence-electron chi connectivity index (χ3n) is 3.51. The molecule has 102 valence electrons. The molecule has 4 nitrogen and oxygen atoms in total. The average molecular weight is 266 g/mol. The third-order valence-corrected chi connectivity index (χ3v) is 3.51. The zero-order valence-electron chi connectivity index (χ0n) is 11.9. The van der Waals surface area contributed by atoms with Crippen LogP contribution in [-0.2, 0) is 5.41 Å². The first kappa shape index (κ1) is 12.8. The topological polar surface area (TPSA) is 63.8 Å². The monoisotopic (exact) mass is 266 g/mol. The summed E-state index contributed by atoms with van der Waals surface area (Å²) < 4.78 is 0. The highest BCUT2D eigenvalue weighted by molar-refractivity contribution is 6.04. The third kappa shape index (κ3) is 1.98. The van der Waals surface area contributed by atoms with Gasteiger partial charge in [-0.1, -0.05) is 26.8 Å². The molecule has 0 spiro atoms. The zero-order valence-corrected chi connectivity index (χ0v) is 11.9. The van der Waals surface area contributed by atoms with Crippen LogP contribution < -0.4 is 11.3 Å². The van der Waals surface area contributed by atoms with Crippen molar-refractivity contribution in [3.05, 3.63) is 42.1 Å². The summed E-state index contributed by atoms with van der Waals surface area (Å²) in [4.78, 5) is 9.08. The van der Waals surface area contributed by atoms with E-state index in [0.29, 0.717) is 0 Å².